The number of benzene rings is 2. The molecule has 1 aliphatic heterocycles. The SMILES string of the molecule is CCCCN(C(=O)CCCOc1ccc2c(c1)CN(CC(=O)OCc1ccccc1)C(NC(=O)C(C)(C)C)=N2)C1CCCC1. The summed E-state index contributed by atoms with van der Waals surface area (Å²) in [5, 5.41) is 2.90. The Morgan fingerprint density at radius 1 is 1.05 bits per heavy atom. The molecule has 238 valence electrons. The van der Waals surface area contributed by atoms with Crippen molar-refractivity contribution in [3.05, 3.63) is 59.7 Å². The van der Waals surface area contributed by atoms with Gasteiger partial charge in [0.2, 0.25) is 17.8 Å². The van der Waals surface area contributed by atoms with E-state index in [1.807, 2.05) is 69.3 Å². The minimum absolute atomic E-state index is 0.0712. The van der Waals surface area contributed by atoms with Crippen LogP contribution in [0.25, 0.3) is 0 Å². The highest BCUT2D eigenvalue weighted by Crippen LogP contribution is 2.30. The van der Waals surface area contributed by atoms with E-state index in [0.29, 0.717) is 49.4 Å². The molecule has 9 nitrogen and oxygen atoms in total. The monoisotopic (exact) mass is 604 g/mol. The first kappa shape index (κ1) is 33.0. The molecule has 0 bridgehead atoms. The van der Waals surface area contributed by atoms with Crippen molar-refractivity contribution >= 4 is 29.4 Å². The number of hydrogen-bond acceptors (Lipinski definition) is 7. The van der Waals surface area contributed by atoms with E-state index in [1.165, 1.54) is 12.8 Å². The molecule has 2 amide bonds. The molecule has 1 N–H and O–H groups in total. The Labute approximate surface area is 262 Å². The largest absolute Gasteiger partial charge is 0.494 e. The van der Waals surface area contributed by atoms with Crippen LogP contribution < -0.4 is 10.1 Å². The topological polar surface area (TPSA) is 101 Å². The van der Waals surface area contributed by atoms with E-state index in [4.69, 9.17) is 14.5 Å². The zero-order chi connectivity index (χ0) is 31.5. The van der Waals surface area contributed by atoms with Gasteiger partial charge >= 0.3 is 5.97 Å². The molecule has 4 rings (SSSR count). The van der Waals surface area contributed by atoms with E-state index >= 15 is 0 Å². The maximum atomic E-state index is 13.0. The van der Waals surface area contributed by atoms with E-state index in [1.54, 1.807) is 4.90 Å². The van der Waals surface area contributed by atoms with Gasteiger partial charge in [-0.15, -0.1) is 0 Å². The highest BCUT2D eigenvalue weighted by molar-refractivity contribution is 6.01. The van der Waals surface area contributed by atoms with E-state index in [-0.39, 0.29) is 25.0 Å². The lowest BCUT2D eigenvalue weighted by Gasteiger charge is -2.31. The molecule has 9 heteroatoms. The van der Waals surface area contributed by atoms with Crippen LogP contribution in [0.2, 0.25) is 0 Å². The molecule has 2 aromatic carbocycles. The van der Waals surface area contributed by atoms with Crippen LogP contribution in [0.3, 0.4) is 0 Å². The summed E-state index contributed by atoms with van der Waals surface area (Å²) in [5.74, 6) is 0.610. The highest BCUT2D eigenvalue weighted by Gasteiger charge is 2.29. The van der Waals surface area contributed by atoms with Gasteiger partial charge in [-0.2, -0.15) is 0 Å². The van der Waals surface area contributed by atoms with Gasteiger partial charge in [-0.1, -0.05) is 77.3 Å². The molecule has 1 fully saturated rings. The quantitative estimate of drug-likeness (QED) is 0.218. The molecule has 0 atom stereocenters. The van der Waals surface area contributed by atoms with Crippen molar-refractivity contribution in [1.82, 2.24) is 15.1 Å². The van der Waals surface area contributed by atoms with Crippen LogP contribution in [0.15, 0.2) is 53.5 Å². The third kappa shape index (κ3) is 9.56. The molecule has 2 aliphatic rings. The predicted molar refractivity (Wildman–Crippen MR) is 171 cm³/mol. The molecule has 1 saturated carbocycles. The second-order valence-corrected chi connectivity index (χ2v) is 12.8. The second-order valence-electron chi connectivity index (χ2n) is 12.8. The second kappa shape index (κ2) is 15.7. The number of unbranched alkanes of at least 4 members (excludes halogenated alkanes) is 1. The molecule has 2 aromatic rings. The van der Waals surface area contributed by atoms with Crippen molar-refractivity contribution in [1.29, 1.82) is 0 Å². The Balaban J connectivity index is 1.37. The first-order valence-corrected chi connectivity index (χ1v) is 16.0. The molecular weight excluding hydrogens is 556 g/mol. The lowest BCUT2D eigenvalue weighted by molar-refractivity contribution is -0.145. The number of carbonyl (C=O) groups excluding carboxylic acids is 3. The zero-order valence-corrected chi connectivity index (χ0v) is 26.8. The van der Waals surface area contributed by atoms with Crippen molar-refractivity contribution in [2.45, 2.75) is 98.3 Å². The average molecular weight is 605 g/mol. The van der Waals surface area contributed by atoms with Crippen molar-refractivity contribution in [3.8, 4) is 5.75 Å². The number of fused-ring (bicyclic) bond motifs is 1. The predicted octanol–water partition coefficient (Wildman–Crippen LogP) is 6.13. The third-order valence-corrected chi connectivity index (χ3v) is 8.05. The fourth-order valence-electron chi connectivity index (χ4n) is 5.43. The summed E-state index contributed by atoms with van der Waals surface area (Å²) in [6, 6.07) is 15.5. The van der Waals surface area contributed by atoms with Gasteiger partial charge in [-0.05, 0) is 49.4 Å². The number of amides is 2. The average Bonchev–Trinajstić information content (AvgIpc) is 3.53. The molecule has 0 spiro atoms. The van der Waals surface area contributed by atoms with Gasteiger partial charge < -0.3 is 19.3 Å². The summed E-state index contributed by atoms with van der Waals surface area (Å²) < 4.78 is 11.6. The first-order chi connectivity index (χ1) is 21.1. The Bertz CT molecular complexity index is 1300. The van der Waals surface area contributed by atoms with Gasteiger partial charge in [0, 0.05) is 36.5 Å². The van der Waals surface area contributed by atoms with Crippen molar-refractivity contribution in [3.63, 3.8) is 0 Å². The molecular formula is C35H48N4O5. The van der Waals surface area contributed by atoms with Crippen LogP contribution in [0.5, 0.6) is 5.75 Å². The molecule has 44 heavy (non-hydrogen) atoms. The first-order valence-electron chi connectivity index (χ1n) is 16.0. The van der Waals surface area contributed by atoms with Crippen molar-refractivity contribution < 1.29 is 23.9 Å². The summed E-state index contributed by atoms with van der Waals surface area (Å²) >= 11 is 0. The van der Waals surface area contributed by atoms with Crippen LogP contribution in [0.1, 0.15) is 90.2 Å². The number of rotatable bonds is 13. The summed E-state index contributed by atoms with van der Waals surface area (Å²) in [4.78, 5) is 47.2. The summed E-state index contributed by atoms with van der Waals surface area (Å²) in [5.41, 5.74) is 1.84. The highest BCUT2D eigenvalue weighted by atomic mass is 16.5. The van der Waals surface area contributed by atoms with Gasteiger partial charge in [0.15, 0.2) is 0 Å². The number of guanidine groups is 1. The van der Waals surface area contributed by atoms with Gasteiger partial charge in [0.1, 0.15) is 18.9 Å². The number of hydrogen-bond donors (Lipinski definition) is 1. The van der Waals surface area contributed by atoms with Crippen LogP contribution in [0.4, 0.5) is 5.69 Å². The number of nitrogens with zero attached hydrogens (tertiary/aromatic N) is 3. The van der Waals surface area contributed by atoms with E-state index in [2.05, 4.69) is 17.1 Å². The minimum Gasteiger partial charge on any atom is -0.494 e. The van der Waals surface area contributed by atoms with Crippen molar-refractivity contribution in [2.24, 2.45) is 10.4 Å². The van der Waals surface area contributed by atoms with Gasteiger partial charge in [-0.3, -0.25) is 19.7 Å². The maximum absolute atomic E-state index is 13.0. The van der Waals surface area contributed by atoms with Gasteiger partial charge in [0.25, 0.3) is 0 Å². The van der Waals surface area contributed by atoms with Gasteiger partial charge in [0.05, 0.1) is 12.3 Å². The maximum Gasteiger partial charge on any atom is 0.325 e. The molecule has 0 aromatic heterocycles. The number of carbonyl (C=O) groups is 3. The van der Waals surface area contributed by atoms with Crippen LogP contribution in [-0.4, -0.2) is 59.3 Å². The molecule has 0 saturated heterocycles. The molecule has 0 unspecified atom stereocenters. The lowest BCUT2D eigenvalue weighted by Crippen LogP contribution is -2.50. The molecule has 1 heterocycles. The Kier molecular flexibility index (Phi) is 11.8. The van der Waals surface area contributed by atoms with E-state index in [9.17, 15) is 14.4 Å². The fourth-order valence-corrected chi connectivity index (χ4v) is 5.43. The van der Waals surface area contributed by atoms with Crippen LogP contribution in [0, 0.1) is 5.41 Å². The Morgan fingerprint density at radius 3 is 2.50 bits per heavy atom. The van der Waals surface area contributed by atoms with Crippen LogP contribution in [-0.2, 0) is 32.3 Å². The van der Waals surface area contributed by atoms with E-state index < -0.39 is 11.4 Å². The van der Waals surface area contributed by atoms with E-state index in [0.717, 1.165) is 43.4 Å². The summed E-state index contributed by atoms with van der Waals surface area (Å²) in [7, 11) is 0. The Hall–Kier alpha value is -3.88. The number of esters is 1. The summed E-state index contributed by atoms with van der Waals surface area (Å²) in [6.45, 7) is 9.37. The normalized spacial score (nSPS) is 14.9. The number of nitrogens with one attached hydrogen (secondary N) is 1. The lowest BCUT2D eigenvalue weighted by atomic mass is 9.96. The standard InChI is InChI=1S/C35H48N4O5/c1-5-6-20-39(28-15-10-11-16-28)31(40)17-12-21-43-29-18-19-30-27(22-29)23-38(34(36-30)37-33(42)35(2,3)4)24-32(41)44-25-26-13-8-7-9-14-26/h7-9,13-14,18-19,22,28H,5-6,10-12,15-17,20-21,23-25H2,1-4H3,(H,36,37,42). The minimum atomic E-state index is -0.633. The summed E-state index contributed by atoms with van der Waals surface area (Å²) in [6.07, 6.45) is 7.90. The Morgan fingerprint density at radius 2 is 1.80 bits per heavy atom. The smallest absolute Gasteiger partial charge is 0.325 e. The van der Waals surface area contributed by atoms with Crippen molar-refractivity contribution in [2.75, 3.05) is 19.7 Å². The third-order valence-electron chi connectivity index (χ3n) is 8.05. The number of ether oxygens (including phenoxy) is 2. The molecule has 0 radical (unpaired) electrons. The number of aliphatic imine (C=N–C) groups is 1. The van der Waals surface area contributed by atoms with Crippen LogP contribution >= 0.6 is 0 Å². The fraction of sp³-hybridized carbons (Fsp3) is 0.543. The molecule has 1 aliphatic carbocycles. The van der Waals surface area contributed by atoms with Gasteiger partial charge in [-0.25, -0.2) is 4.99 Å². The zero-order valence-electron chi connectivity index (χ0n) is 26.8.